The first-order valence-electron chi connectivity index (χ1n) is 7.55. The van der Waals surface area contributed by atoms with Crippen molar-refractivity contribution in [1.82, 2.24) is 19.6 Å². The largest absolute Gasteiger partial charge is 0.396 e. The minimum Gasteiger partial charge on any atom is -0.396 e. The molecular formula is C14H23N5O. The van der Waals surface area contributed by atoms with Gasteiger partial charge in [0.25, 0.3) is 5.91 Å². The van der Waals surface area contributed by atoms with Crippen molar-refractivity contribution >= 4 is 11.6 Å². The monoisotopic (exact) mass is 277 g/mol. The average Bonchev–Trinajstić information content (AvgIpc) is 3.17. The topological polar surface area (TPSA) is 67.4 Å². The fourth-order valence-electron chi connectivity index (χ4n) is 3.25. The van der Waals surface area contributed by atoms with Crippen LogP contribution in [0.4, 0.5) is 5.69 Å². The summed E-state index contributed by atoms with van der Waals surface area (Å²) < 4.78 is 1.72. The molecule has 0 aromatic carbocycles. The van der Waals surface area contributed by atoms with E-state index in [2.05, 4.69) is 10.00 Å². The van der Waals surface area contributed by atoms with E-state index >= 15 is 0 Å². The number of hydrogen-bond acceptors (Lipinski definition) is 4. The smallest absolute Gasteiger partial charge is 0.276 e. The van der Waals surface area contributed by atoms with Crippen LogP contribution >= 0.6 is 0 Å². The number of nitrogen functional groups attached to an aromatic ring is 1. The molecule has 2 aliphatic rings. The summed E-state index contributed by atoms with van der Waals surface area (Å²) in [6.07, 6.45) is 5.39. The van der Waals surface area contributed by atoms with E-state index < -0.39 is 0 Å². The van der Waals surface area contributed by atoms with Crippen molar-refractivity contribution in [3.05, 3.63) is 11.9 Å². The molecular weight excluding hydrogens is 254 g/mol. The van der Waals surface area contributed by atoms with Gasteiger partial charge in [0.2, 0.25) is 0 Å². The van der Waals surface area contributed by atoms with Crippen molar-refractivity contribution < 1.29 is 4.79 Å². The number of carbonyl (C=O) groups excluding carboxylic acids is 1. The number of aromatic nitrogens is 2. The molecule has 6 heteroatoms. The van der Waals surface area contributed by atoms with E-state index in [4.69, 9.17) is 5.73 Å². The second-order valence-electron chi connectivity index (χ2n) is 5.73. The van der Waals surface area contributed by atoms with Crippen LogP contribution in [0.5, 0.6) is 0 Å². The molecule has 110 valence electrons. The number of hydrogen-bond donors (Lipinski definition) is 1. The molecule has 1 aromatic heterocycles. The third-order valence-corrected chi connectivity index (χ3v) is 4.42. The lowest BCUT2D eigenvalue weighted by Crippen LogP contribution is -2.37. The summed E-state index contributed by atoms with van der Waals surface area (Å²) >= 11 is 0. The van der Waals surface area contributed by atoms with Crippen LogP contribution in [0.2, 0.25) is 0 Å². The van der Waals surface area contributed by atoms with E-state index in [1.807, 2.05) is 11.8 Å². The van der Waals surface area contributed by atoms with E-state index in [1.54, 1.807) is 10.9 Å². The van der Waals surface area contributed by atoms with E-state index in [-0.39, 0.29) is 5.91 Å². The lowest BCUT2D eigenvalue weighted by atomic mass is 10.2. The van der Waals surface area contributed by atoms with E-state index in [1.165, 1.54) is 25.9 Å². The Hall–Kier alpha value is -1.56. The fraction of sp³-hybridized carbons (Fsp3) is 0.714. The lowest BCUT2D eigenvalue weighted by Gasteiger charge is -2.23. The van der Waals surface area contributed by atoms with Crippen LogP contribution in [-0.2, 0) is 6.54 Å². The van der Waals surface area contributed by atoms with Crippen LogP contribution < -0.4 is 5.73 Å². The standard InChI is InChI=1S/C14H23N5O/c1-2-19-10-12(15)13(16-19)14(20)18-8-5-11(9-18)17-6-3-4-7-17/h10-11H,2-9,15H2,1H3. The molecule has 1 aromatic rings. The van der Waals surface area contributed by atoms with Gasteiger partial charge in [-0.15, -0.1) is 0 Å². The summed E-state index contributed by atoms with van der Waals surface area (Å²) in [5.74, 6) is -0.0172. The molecule has 0 radical (unpaired) electrons. The molecule has 0 aliphatic carbocycles. The molecule has 0 saturated carbocycles. The molecule has 0 bridgehead atoms. The van der Waals surface area contributed by atoms with Gasteiger partial charge in [0.05, 0.1) is 5.69 Å². The van der Waals surface area contributed by atoms with Crippen LogP contribution in [0, 0.1) is 0 Å². The van der Waals surface area contributed by atoms with Gasteiger partial charge in [-0.05, 0) is 39.3 Å². The quantitative estimate of drug-likeness (QED) is 0.887. The molecule has 0 spiro atoms. The predicted molar refractivity (Wildman–Crippen MR) is 77.4 cm³/mol. The summed E-state index contributed by atoms with van der Waals surface area (Å²) in [6.45, 7) is 6.71. The minimum absolute atomic E-state index is 0.0172. The summed E-state index contributed by atoms with van der Waals surface area (Å²) in [5, 5.41) is 4.28. The van der Waals surface area contributed by atoms with Gasteiger partial charge in [0, 0.05) is 31.9 Å². The molecule has 2 aliphatic heterocycles. The Balaban J connectivity index is 1.67. The summed E-state index contributed by atoms with van der Waals surface area (Å²) in [7, 11) is 0. The maximum absolute atomic E-state index is 12.5. The highest BCUT2D eigenvalue weighted by molar-refractivity contribution is 5.97. The zero-order chi connectivity index (χ0) is 14.1. The first-order valence-corrected chi connectivity index (χ1v) is 7.55. The maximum atomic E-state index is 12.5. The molecule has 1 atom stereocenters. The molecule has 2 saturated heterocycles. The van der Waals surface area contributed by atoms with Gasteiger partial charge in [-0.3, -0.25) is 14.4 Å². The van der Waals surface area contributed by atoms with Crippen molar-refractivity contribution in [2.45, 2.75) is 38.8 Å². The normalized spacial score (nSPS) is 23.6. The van der Waals surface area contributed by atoms with E-state index in [0.717, 1.165) is 26.1 Å². The predicted octanol–water partition coefficient (Wildman–Crippen LogP) is 0.795. The Morgan fingerprint density at radius 3 is 2.80 bits per heavy atom. The molecule has 2 N–H and O–H groups in total. The van der Waals surface area contributed by atoms with Crippen molar-refractivity contribution in [2.75, 3.05) is 31.9 Å². The Kier molecular flexibility index (Phi) is 3.65. The highest BCUT2D eigenvalue weighted by atomic mass is 16.2. The third kappa shape index (κ3) is 2.40. The second kappa shape index (κ2) is 5.44. The Bertz CT molecular complexity index is 492. The number of aryl methyl sites for hydroxylation is 1. The molecule has 6 nitrogen and oxygen atoms in total. The van der Waals surface area contributed by atoms with Gasteiger partial charge in [-0.2, -0.15) is 5.10 Å². The van der Waals surface area contributed by atoms with Gasteiger partial charge >= 0.3 is 0 Å². The Labute approximate surface area is 119 Å². The lowest BCUT2D eigenvalue weighted by molar-refractivity contribution is 0.0774. The molecule has 1 unspecified atom stereocenters. The van der Waals surface area contributed by atoms with Gasteiger partial charge in [-0.1, -0.05) is 0 Å². The first kappa shape index (κ1) is 13.4. The summed E-state index contributed by atoms with van der Waals surface area (Å²) in [6, 6.07) is 0.524. The van der Waals surface area contributed by atoms with Gasteiger partial charge in [-0.25, -0.2) is 0 Å². The molecule has 3 heterocycles. The zero-order valence-corrected chi connectivity index (χ0v) is 12.1. The molecule has 20 heavy (non-hydrogen) atoms. The van der Waals surface area contributed by atoms with Crippen molar-refractivity contribution in [1.29, 1.82) is 0 Å². The molecule has 3 rings (SSSR count). The number of amides is 1. The van der Waals surface area contributed by atoms with E-state index in [0.29, 0.717) is 17.4 Å². The second-order valence-corrected chi connectivity index (χ2v) is 5.73. The number of anilines is 1. The highest BCUT2D eigenvalue weighted by Crippen LogP contribution is 2.22. The SMILES string of the molecule is CCn1cc(N)c(C(=O)N2CCC(N3CCCC3)C2)n1. The first-order chi connectivity index (χ1) is 9.69. The van der Waals surface area contributed by atoms with Crippen molar-refractivity contribution in [3.63, 3.8) is 0 Å². The number of nitrogens with zero attached hydrogens (tertiary/aromatic N) is 4. The van der Waals surface area contributed by atoms with Crippen LogP contribution in [0.3, 0.4) is 0 Å². The van der Waals surface area contributed by atoms with Gasteiger partial charge in [0.15, 0.2) is 5.69 Å². The van der Waals surface area contributed by atoms with Crippen LogP contribution in [0.1, 0.15) is 36.7 Å². The summed E-state index contributed by atoms with van der Waals surface area (Å²) in [4.78, 5) is 16.9. The molecule has 2 fully saturated rings. The van der Waals surface area contributed by atoms with Crippen LogP contribution in [0.25, 0.3) is 0 Å². The zero-order valence-electron chi connectivity index (χ0n) is 12.1. The minimum atomic E-state index is -0.0172. The number of likely N-dealkylation sites (tertiary alicyclic amines) is 2. The molecule has 1 amide bonds. The maximum Gasteiger partial charge on any atom is 0.276 e. The average molecular weight is 277 g/mol. The number of carbonyl (C=O) groups is 1. The van der Waals surface area contributed by atoms with Gasteiger partial charge in [0.1, 0.15) is 0 Å². The van der Waals surface area contributed by atoms with E-state index in [9.17, 15) is 4.79 Å². The Morgan fingerprint density at radius 1 is 1.40 bits per heavy atom. The van der Waals surface area contributed by atoms with Crippen LogP contribution in [-0.4, -0.2) is 57.7 Å². The summed E-state index contributed by atoms with van der Waals surface area (Å²) in [5.41, 5.74) is 6.80. The van der Waals surface area contributed by atoms with Crippen LogP contribution in [0.15, 0.2) is 6.20 Å². The van der Waals surface area contributed by atoms with Gasteiger partial charge < -0.3 is 10.6 Å². The number of nitrogens with two attached hydrogens (primary N) is 1. The van der Waals surface area contributed by atoms with Crippen molar-refractivity contribution in [2.24, 2.45) is 0 Å². The third-order valence-electron chi connectivity index (χ3n) is 4.42. The van der Waals surface area contributed by atoms with Crippen molar-refractivity contribution in [3.8, 4) is 0 Å². The number of rotatable bonds is 3. The Morgan fingerprint density at radius 2 is 2.15 bits per heavy atom. The highest BCUT2D eigenvalue weighted by Gasteiger charge is 2.33. The fourth-order valence-corrected chi connectivity index (χ4v) is 3.25.